The molecule has 0 spiro atoms. The Morgan fingerprint density at radius 1 is 1.04 bits per heavy atom. The van der Waals surface area contributed by atoms with Crippen LogP contribution in [0.15, 0.2) is 24.3 Å². The number of amides is 1. The molecule has 0 radical (unpaired) electrons. The molecule has 3 N–H and O–H groups in total. The molecule has 1 saturated heterocycles. The third-order valence-electron chi connectivity index (χ3n) is 4.94. The predicted molar refractivity (Wildman–Crippen MR) is 125 cm³/mol. The number of hydrogen-bond acceptors (Lipinski definition) is 4. The second-order valence-electron chi connectivity index (χ2n) is 7.43. The minimum Gasteiger partial charge on any atom is -0.351 e. The number of halogens is 3. The normalized spacial score (nSPS) is 15.8. The van der Waals surface area contributed by atoms with E-state index in [1.54, 1.807) is 0 Å². The van der Waals surface area contributed by atoms with Crippen molar-refractivity contribution < 1.29 is 4.79 Å². The third kappa shape index (κ3) is 9.77. The molecule has 0 aliphatic carbocycles. The van der Waals surface area contributed by atoms with Crippen LogP contribution in [0.3, 0.4) is 0 Å². The topological polar surface area (TPSA) is 61.6 Å². The number of nitrogens with zero attached hydrogens (tertiary/aromatic N) is 2. The summed E-state index contributed by atoms with van der Waals surface area (Å²) in [5, 5.41) is 3.01. The van der Waals surface area contributed by atoms with E-state index in [-0.39, 0.29) is 43.1 Å². The van der Waals surface area contributed by atoms with E-state index in [9.17, 15) is 4.79 Å². The standard InChI is InChI=1S/C20H34N4O.3ClH/c1-4-23-9-11-24(12-10-23)15-18-8-6-5-7-17(18)14-22-20(25)19(21)13-16(2)3;;;/h5-8,16,19H,4,9-15,21H2,1-3H3,(H,22,25);3*1H/t19-;;;/m0.../s1. The van der Waals surface area contributed by atoms with Gasteiger partial charge in [0.05, 0.1) is 6.04 Å². The monoisotopic (exact) mass is 454 g/mol. The fraction of sp³-hybridized carbons (Fsp3) is 0.650. The van der Waals surface area contributed by atoms with E-state index in [4.69, 9.17) is 5.73 Å². The van der Waals surface area contributed by atoms with Gasteiger partial charge in [-0.3, -0.25) is 9.69 Å². The second-order valence-corrected chi connectivity index (χ2v) is 7.43. The maximum atomic E-state index is 12.2. The molecule has 0 unspecified atom stereocenters. The minimum atomic E-state index is -0.422. The maximum Gasteiger partial charge on any atom is 0.237 e. The van der Waals surface area contributed by atoms with Crippen molar-refractivity contribution in [1.29, 1.82) is 0 Å². The molecule has 5 nitrogen and oxygen atoms in total. The number of nitrogens with one attached hydrogen (secondary N) is 1. The van der Waals surface area contributed by atoms with Crippen molar-refractivity contribution in [3.63, 3.8) is 0 Å². The molecule has 8 heteroatoms. The third-order valence-corrected chi connectivity index (χ3v) is 4.94. The first kappa shape index (κ1) is 29.6. The summed E-state index contributed by atoms with van der Waals surface area (Å²) in [5.74, 6) is 0.370. The fourth-order valence-corrected chi connectivity index (χ4v) is 3.32. The number of piperazine rings is 1. The van der Waals surface area contributed by atoms with Crippen LogP contribution in [-0.4, -0.2) is 54.5 Å². The molecule has 164 valence electrons. The van der Waals surface area contributed by atoms with E-state index >= 15 is 0 Å². The first-order valence-corrected chi connectivity index (χ1v) is 9.54. The Balaban J connectivity index is 0. The average Bonchev–Trinajstić information content (AvgIpc) is 2.60. The van der Waals surface area contributed by atoms with Crippen molar-refractivity contribution in [2.45, 2.75) is 46.3 Å². The van der Waals surface area contributed by atoms with Gasteiger partial charge in [-0.1, -0.05) is 45.0 Å². The summed E-state index contributed by atoms with van der Waals surface area (Å²) in [5.41, 5.74) is 8.45. The van der Waals surface area contributed by atoms with Crippen molar-refractivity contribution in [3.05, 3.63) is 35.4 Å². The van der Waals surface area contributed by atoms with Crippen LogP contribution in [0.5, 0.6) is 0 Å². The lowest BCUT2D eigenvalue weighted by molar-refractivity contribution is -0.122. The molecule has 1 aromatic rings. The van der Waals surface area contributed by atoms with Crippen LogP contribution in [-0.2, 0) is 17.9 Å². The van der Waals surface area contributed by atoms with Gasteiger partial charge in [-0.25, -0.2) is 0 Å². The highest BCUT2D eigenvalue weighted by molar-refractivity contribution is 5.86. The van der Waals surface area contributed by atoms with Gasteiger partial charge < -0.3 is 16.0 Å². The molecule has 1 heterocycles. The van der Waals surface area contributed by atoms with Gasteiger partial charge in [0.1, 0.15) is 0 Å². The first-order valence-electron chi connectivity index (χ1n) is 9.54. The number of carbonyl (C=O) groups excluding carboxylic acids is 1. The SMILES string of the molecule is CCN1CCN(Cc2ccccc2CNC(=O)[C@@H](N)CC(C)C)CC1.Cl.Cl.Cl. The molecule has 0 saturated carbocycles. The van der Waals surface area contributed by atoms with Crippen LogP contribution in [0.4, 0.5) is 0 Å². The zero-order chi connectivity index (χ0) is 18.2. The van der Waals surface area contributed by atoms with E-state index in [0.29, 0.717) is 12.5 Å². The van der Waals surface area contributed by atoms with Gasteiger partial charge in [0.2, 0.25) is 5.91 Å². The summed E-state index contributed by atoms with van der Waals surface area (Å²) < 4.78 is 0. The lowest BCUT2D eigenvalue weighted by atomic mass is 10.0. The number of rotatable bonds is 8. The molecule has 0 bridgehead atoms. The molecule has 1 aromatic carbocycles. The maximum absolute atomic E-state index is 12.2. The highest BCUT2D eigenvalue weighted by atomic mass is 35.5. The second kappa shape index (κ2) is 15.3. The van der Waals surface area contributed by atoms with Crippen LogP contribution in [0.25, 0.3) is 0 Å². The highest BCUT2D eigenvalue weighted by Crippen LogP contribution is 2.14. The summed E-state index contributed by atoms with van der Waals surface area (Å²) in [6, 6.07) is 7.96. The van der Waals surface area contributed by atoms with Gasteiger partial charge in [-0.05, 0) is 30.0 Å². The van der Waals surface area contributed by atoms with Crippen LogP contribution in [0.1, 0.15) is 38.3 Å². The number of likely N-dealkylation sites (N-methyl/N-ethyl adjacent to an activating group) is 1. The Bertz CT molecular complexity index is 552. The lowest BCUT2D eigenvalue weighted by Gasteiger charge is -2.34. The van der Waals surface area contributed by atoms with E-state index in [0.717, 1.165) is 45.7 Å². The Kier molecular flexibility index (Phi) is 16.2. The van der Waals surface area contributed by atoms with Crippen molar-refractivity contribution in [3.8, 4) is 0 Å². The quantitative estimate of drug-likeness (QED) is 0.632. The van der Waals surface area contributed by atoms with Crippen molar-refractivity contribution in [2.75, 3.05) is 32.7 Å². The van der Waals surface area contributed by atoms with E-state index in [1.165, 1.54) is 11.1 Å². The Morgan fingerprint density at radius 2 is 1.57 bits per heavy atom. The van der Waals surface area contributed by atoms with Crippen molar-refractivity contribution >= 4 is 43.1 Å². The van der Waals surface area contributed by atoms with Gasteiger partial charge in [0.25, 0.3) is 0 Å². The van der Waals surface area contributed by atoms with Gasteiger partial charge in [0, 0.05) is 39.3 Å². The number of nitrogens with two attached hydrogens (primary N) is 1. The summed E-state index contributed by atoms with van der Waals surface area (Å²) in [6.07, 6.45) is 0.717. The zero-order valence-electron chi connectivity index (χ0n) is 17.2. The first-order chi connectivity index (χ1) is 12.0. The minimum absolute atomic E-state index is 0. The summed E-state index contributed by atoms with van der Waals surface area (Å²) >= 11 is 0. The molecule has 1 aliphatic rings. The van der Waals surface area contributed by atoms with Crippen LogP contribution in [0, 0.1) is 5.92 Å². The molecule has 1 aliphatic heterocycles. The predicted octanol–water partition coefficient (Wildman–Crippen LogP) is 3.08. The van der Waals surface area contributed by atoms with Gasteiger partial charge in [0.15, 0.2) is 0 Å². The fourth-order valence-electron chi connectivity index (χ4n) is 3.32. The lowest BCUT2D eigenvalue weighted by Crippen LogP contribution is -2.45. The van der Waals surface area contributed by atoms with Gasteiger partial charge >= 0.3 is 0 Å². The van der Waals surface area contributed by atoms with Crippen LogP contribution < -0.4 is 11.1 Å². The molecular weight excluding hydrogens is 419 g/mol. The van der Waals surface area contributed by atoms with Gasteiger partial charge in [-0.2, -0.15) is 0 Å². The van der Waals surface area contributed by atoms with E-state index in [2.05, 4.69) is 54.1 Å². The Labute approximate surface area is 189 Å². The molecule has 1 amide bonds. The van der Waals surface area contributed by atoms with Crippen LogP contribution in [0.2, 0.25) is 0 Å². The van der Waals surface area contributed by atoms with Crippen molar-refractivity contribution in [2.24, 2.45) is 11.7 Å². The van der Waals surface area contributed by atoms with E-state index in [1.807, 2.05) is 6.07 Å². The highest BCUT2D eigenvalue weighted by Gasteiger charge is 2.18. The molecule has 1 fully saturated rings. The molecule has 28 heavy (non-hydrogen) atoms. The van der Waals surface area contributed by atoms with Crippen molar-refractivity contribution in [1.82, 2.24) is 15.1 Å². The molecule has 0 aromatic heterocycles. The summed E-state index contributed by atoms with van der Waals surface area (Å²) in [7, 11) is 0. The molecule has 1 atom stereocenters. The number of hydrogen-bond donors (Lipinski definition) is 2. The number of benzene rings is 1. The summed E-state index contributed by atoms with van der Waals surface area (Å²) in [6.45, 7) is 13.5. The molecule has 2 rings (SSSR count). The Hall–Kier alpha value is -0.560. The average molecular weight is 456 g/mol. The summed E-state index contributed by atoms with van der Waals surface area (Å²) in [4.78, 5) is 17.2. The number of carbonyl (C=O) groups is 1. The zero-order valence-corrected chi connectivity index (χ0v) is 19.7. The molecular formula is C20H37Cl3N4O. The van der Waals surface area contributed by atoms with Gasteiger partial charge in [-0.15, -0.1) is 37.2 Å². The smallest absolute Gasteiger partial charge is 0.237 e. The van der Waals surface area contributed by atoms with Crippen LogP contribution >= 0.6 is 37.2 Å². The largest absolute Gasteiger partial charge is 0.351 e. The van der Waals surface area contributed by atoms with E-state index < -0.39 is 6.04 Å². The Morgan fingerprint density at radius 3 is 2.11 bits per heavy atom.